The van der Waals surface area contributed by atoms with Gasteiger partial charge in [0.25, 0.3) is 0 Å². The number of fused-ring (bicyclic) bond motifs is 2. The van der Waals surface area contributed by atoms with Crippen LogP contribution in [0.15, 0.2) is 79.1 Å². The van der Waals surface area contributed by atoms with Gasteiger partial charge in [-0.15, -0.1) is 0 Å². The molecule has 1 unspecified atom stereocenters. The summed E-state index contributed by atoms with van der Waals surface area (Å²) in [6.45, 7) is 0. The Hall–Kier alpha value is -5.12. The second-order valence-corrected chi connectivity index (χ2v) is 9.11. The molecule has 1 atom stereocenters. The first-order valence-electron chi connectivity index (χ1n) is 11.7. The number of benzene rings is 4. The maximum Gasteiger partial charge on any atom is 0.228 e. The van der Waals surface area contributed by atoms with E-state index in [0.717, 1.165) is 28.9 Å². The summed E-state index contributed by atoms with van der Waals surface area (Å²) in [6.07, 6.45) is 1.21. The van der Waals surface area contributed by atoms with Crippen LogP contribution in [0, 0.1) is 28.7 Å². The minimum Gasteiger partial charge on any atom is -0.438 e. The van der Waals surface area contributed by atoms with Gasteiger partial charge in [0, 0.05) is 40.4 Å². The summed E-state index contributed by atoms with van der Waals surface area (Å²) >= 11 is 0. The fourth-order valence-corrected chi connectivity index (χ4v) is 4.96. The van der Waals surface area contributed by atoms with E-state index in [2.05, 4.69) is 4.98 Å². The molecule has 39 heavy (non-hydrogen) atoms. The monoisotopic (exact) mass is 529 g/mol. The molecule has 0 fully saturated rings. The van der Waals surface area contributed by atoms with E-state index in [9.17, 15) is 13.2 Å². The number of nitrogens with two attached hydrogens (primary N) is 2. The zero-order valence-corrected chi connectivity index (χ0v) is 20.1. The molecule has 0 amide bonds. The van der Waals surface area contributed by atoms with Gasteiger partial charge in [0.15, 0.2) is 5.49 Å². The van der Waals surface area contributed by atoms with Gasteiger partial charge in [0.1, 0.15) is 35.3 Å². The van der Waals surface area contributed by atoms with Gasteiger partial charge >= 0.3 is 0 Å². The Morgan fingerprint density at radius 1 is 0.795 bits per heavy atom. The summed E-state index contributed by atoms with van der Waals surface area (Å²) in [5.41, 5.74) is 8.31. The minimum atomic E-state index is -0.864. The van der Waals surface area contributed by atoms with E-state index in [-0.39, 0.29) is 39.4 Å². The zero-order chi connectivity index (χ0) is 27.4. The lowest BCUT2D eigenvalue weighted by Gasteiger charge is -2.31. The van der Waals surface area contributed by atoms with Gasteiger partial charge in [0.2, 0.25) is 5.88 Å². The maximum absolute atomic E-state index is 15.3. The van der Waals surface area contributed by atoms with Crippen molar-refractivity contribution in [3.63, 3.8) is 0 Å². The molecule has 1 aliphatic heterocycles. The van der Waals surface area contributed by atoms with Crippen molar-refractivity contribution in [2.45, 2.75) is 5.92 Å². The standard InChI is InChI=1S/C29H19F4N5O/c30-16-4-6-19(22(32)11-16)15-9-21(20-7-5-17(31)12-23(20)33)26-24(10-15)39-29-27(28(35)38(36)13-37-29)25(26)14-2-1-3-18(34)8-14/h1-13,25,35H,34,36H2. The van der Waals surface area contributed by atoms with Crippen LogP contribution in [0.3, 0.4) is 0 Å². The van der Waals surface area contributed by atoms with E-state index in [4.69, 9.17) is 21.7 Å². The molecule has 0 bridgehead atoms. The van der Waals surface area contributed by atoms with Gasteiger partial charge in [-0.1, -0.05) is 12.1 Å². The van der Waals surface area contributed by atoms with Crippen LogP contribution >= 0.6 is 0 Å². The van der Waals surface area contributed by atoms with Crippen molar-refractivity contribution >= 4 is 5.69 Å². The highest BCUT2D eigenvalue weighted by molar-refractivity contribution is 5.82. The van der Waals surface area contributed by atoms with Crippen molar-refractivity contribution in [1.82, 2.24) is 9.66 Å². The van der Waals surface area contributed by atoms with Crippen LogP contribution in [0.4, 0.5) is 23.2 Å². The molecule has 1 aromatic heterocycles. The van der Waals surface area contributed by atoms with Gasteiger partial charge in [0.05, 0.1) is 5.56 Å². The molecule has 194 valence electrons. The van der Waals surface area contributed by atoms with Crippen LogP contribution in [-0.4, -0.2) is 9.66 Å². The summed E-state index contributed by atoms with van der Waals surface area (Å²) in [5, 5.41) is 8.70. The van der Waals surface area contributed by atoms with Crippen LogP contribution < -0.4 is 21.8 Å². The second kappa shape index (κ2) is 9.02. The molecule has 1 aliphatic rings. The summed E-state index contributed by atoms with van der Waals surface area (Å²) in [6, 6.07) is 16.2. The second-order valence-electron chi connectivity index (χ2n) is 9.11. The summed E-state index contributed by atoms with van der Waals surface area (Å²) < 4.78 is 64.9. The SMILES string of the molecule is N=c1c2c(ncn1N)Oc1cc(-c3ccc(F)cc3F)cc(-c3ccc(F)cc3F)c1C2c1cccc(N)c1. The highest BCUT2D eigenvalue weighted by Gasteiger charge is 2.35. The first-order chi connectivity index (χ1) is 18.7. The number of hydrogen-bond acceptors (Lipinski definition) is 5. The molecule has 0 saturated heterocycles. The maximum atomic E-state index is 15.3. The normalized spacial score (nSPS) is 13.9. The number of hydrogen-bond donors (Lipinski definition) is 3. The quantitative estimate of drug-likeness (QED) is 0.152. The number of nitrogen functional groups attached to an aromatic ring is 2. The van der Waals surface area contributed by atoms with Crippen LogP contribution in [0.2, 0.25) is 0 Å². The Bertz CT molecular complexity index is 1850. The van der Waals surface area contributed by atoms with Gasteiger partial charge in [-0.3, -0.25) is 5.41 Å². The molecule has 0 aliphatic carbocycles. The number of halogens is 4. The molecule has 5 aromatic rings. The molecular weight excluding hydrogens is 510 g/mol. The molecule has 2 heterocycles. The number of nitrogens with zero attached hydrogens (tertiary/aromatic N) is 2. The third-order valence-electron chi connectivity index (χ3n) is 6.68. The van der Waals surface area contributed by atoms with Crippen molar-refractivity contribution in [3.8, 4) is 33.9 Å². The van der Waals surface area contributed by atoms with Crippen molar-refractivity contribution in [2.24, 2.45) is 0 Å². The Balaban J connectivity index is 1.73. The molecule has 5 N–H and O–H groups in total. The van der Waals surface area contributed by atoms with Gasteiger partial charge in [-0.25, -0.2) is 27.2 Å². The average Bonchev–Trinajstić information content (AvgIpc) is 2.89. The molecule has 0 spiro atoms. The predicted octanol–water partition coefficient (Wildman–Crippen LogP) is 5.83. The molecule has 6 nitrogen and oxygen atoms in total. The van der Waals surface area contributed by atoms with Crippen LogP contribution in [0.25, 0.3) is 22.3 Å². The van der Waals surface area contributed by atoms with Crippen LogP contribution in [-0.2, 0) is 0 Å². The van der Waals surface area contributed by atoms with E-state index < -0.39 is 29.2 Å². The Morgan fingerprint density at radius 3 is 2.15 bits per heavy atom. The first kappa shape index (κ1) is 24.2. The van der Waals surface area contributed by atoms with Crippen molar-refractivity contribution in [2.75, 3.05) is 11.6 Å². The van der Waals surface area contributed by atoms with Crippen molar-refractivity contribution in [3.05, 3.63) is 125 Å². The predicted molar refractivity (Wildman–Crippen MR) is 137 cm³/mol. The summed E-state index contributed by atoms with van der Waals surface area (Å²) in [4.78, 5) is 4.26. The lowest BCUT2D eigenvalue weighted by atomic mass is 9.79. The van der Waals surface area contributed by atoms with E-state index in [0.29, 0.717) is 22.4 Å². The Kier molecular flexibility index (Phi) is 5.60. The van der Waals surface area contributed by atoms with Crippen molar-refractivity contribution in [1.29, 1.82) is 5.41 Å². The third-order valence-corrected chi connectivity index (χ3v) is 6.68. The fourth-order valence-electron chi connectivity index (χ4n) is 4.96. The van der Waals surface area contributed by atoms with Gasteiger partial charge < -0.3 is 16.3 Å². The highest BCUT2D eigenvalue weighted by atomic mass is 19.1. The zero-order valence-electron chi connectivity index (χ0n) is 20.1. The third kappa shape index (κ3) is 4.06. The fraction of sp³-hybridized carbons (Fsp3) is 0.0345. The lowest BCUT2D eigenvalue weighted by Crippen LogP contribution is -2.34. The first-order valence-corrected chi connectivity index (χ1v) is 11.7. The minimum absolute atomic E-state index is 0.00835. The number of rotatable bonds is 3. The average molecular weight is 529 g/mol. The molecule has 0 radical (unpaired) electrons. The lowest BCUT2D eigenvalue weighted by molar-refractivity contribution is 0.426. The van der Waals surface area contributed by atoms with E-state index in [1.54, 1.807) is 24.3 Å². The smallest absolute Gasteiger partial charge is 0.228 e. The largest absolute Gasteiger partial charge is 0.438 e. The molecule has 10 heteroatoms. The molecule has 4 aromatic carbocycles. The van der Waals surface area contributed by atoms with E-state index >= 15 is 4.39 Å². The topological polar surface area (TPSA) is 103 Å². The van der Waals surface area contributed by atoms with E-state index in [1.165, 1.54) is 30.6 Å². The molecule has 6 rings (SSSR count). The number of ether oxygens (including phenoxy) is 1. The number of aromatic nitrogens is 2. The Morgan fingerprint density at radius 2 is 1.49 bits per heavy atom. The summed E-state index contributed by atoms with van der Waals surface area (Å²) in [7, 11) is 0. The van der Waals surface area contributed by atoms with Gasteiger partial charge in [-0.05, 0) is 65.2 Å². The molecular formula is C29H19F4N5O. The van der Waals surface area contributed by atoms with Crippen LogP contribution in [0.5, 0.6) is 11.6 Å². The Labute approximate surface area is 219 Å². The molecule has 0 saturated carbocycles. The van der Waals surface area contributed by atoms with Crippen LogP contribution in [0.1, 0.15) is 22.6 Å². The number of nitrogens with one attached hydrogen (secondary N) is 1. The summed E-state index contributed by atoms with van der Waals surface area (Å²) in [5.74, 6) is 2.23. The highest BCUT2D eigenvalue weighted by Crippen LogP contribution is 2.51. The number of anilines is 1. The van der Waals surface area contributed by atoms with Crippen molar-refractivity contribution < 1.29 is 22.3 Å². The van der Waals surface area contributed by atoms with Gasteiger partial charge in [-0.2, -0.15) is 0 Å². The van der Waals surface area contributed by atoms with E-state index in [1.807, 2.05) is 0 Å².